The number of nitrogens with zero attached hydrogens (tertiary/aromatic N) is 4. The second-order valence-electron chi connectivity index (χ2n) is 18.3. The molecule has 8 rings (SSSR count). The Morgan fingerprint density at radius 1 is 0.485 bits per heavy atom. The standard InChI is InChI=1S/2C27H29F3N2O/c1-26(33,27(28,29)30)25-8-6-24(7-9-25)23-4-2-20(3-5-23)18-21-12-16-32(17-13-21)19-22-10-14-31-15-11-22;1-26(33,27(28,29)30)25-9-7-23(8-10-25)24-6-2-4-21(17-24)16-22-5-3-15-32(19-22)18-20-11-13-31-14-12-20/h2-11,14-15,21,33H,12-13,16-19H2,1H3;2,4,6-14,17,22,33H,3,5,15-16,18-19H2,1H3. The molecule has 2 aliphatic heterocycles. The van der Waals surface area contributed by atoms with E-state index >= 15 is 0 Å². The molecule has 2 saturated heterocycles. The van der Waals surface area contributed by atoms with Gasteiger partial charge in [0.05, 0.1) is 0 Å². The molecule has 12 heteroatoms. The van der Waals surface area contributed by atoms with Crippen LogP contribution in [0.3, 0.4) is 0 Å². The fourth-order valence-electron chi connectivity index (χ4n) is 8.98. The van der Waals surface area contributed by atoms with Crippen LogP contribution < -0.4 is 0 Å². The van der Waals surface area contributed by atoms with E-state index in [4.69, 9.17) is 0 Å². The number of pyridine rings is 2. The van der Waals surface area contributed by atoms with Gasteiger partial charge in [0.1, 0.15) is 0 Å². The van der Waals surface area contributed by atoms with Crippen LogP contribution in [-0.4, -0.2) is 68.5 Å². The lowest BCUT2D eigenvalue weighted by molar-refractivity contribution is -0.259. The van der Waals surface area contributed by atoms with E-state index in [-0.39, 0.29) is 11.1 Å². The van der Waals surface area contributed by atoms with E-state index in [0.29, 0.717) is 11.8 Å². The molecular formula is C54H58F6N4O2. The molecule has 0 bridgehead atoms. The molecular weight excluding hydrogens is 851 g/mol. The van der Waals surface area contributed by atoms with Crippen molar-refractivity contribution in [2.45, 2.75) is 89.0 Å². The van der Waals surface area contributed by atoms with E-state index in [0.717, 1.165) is 88.2 Å². The Balaban J connectivity index is 0.000000196. The van der Waals surface area contributed by atoms with Gasteiger partial charge in [-0.1, -0.05) is 97.1 Å². The Bertz CT molecular complexity index is 2420. The van der Waals surface area contributed by atoms with E-state index in [1.54, 1.807) is 24.3 Å². The van der Waals surface area contributed by atoms with Gasteiger partial charge in [0, 0.05) is 44.4 Å². The molecule has 3 atom stereocenters. The molecule has 0 saturated carbocycles. The predicted molar refractivity (Wildman–Crippen MR) is 247 cm³/mol. The first-order valence-electron chi connectivity index (χ1n) is 22.6. The van der Waals surface area contributed by atoms with Gasteiger partial charge in [0.2, 0.25) is 0 Å². The van der Waals surface area contributed by atoms with Crippen molar-refractivity contribution < 1.29 is 36.6 Å². The number of likely N-dealkylation sites (tertiary alicyclic amines) is 2. The molecule has 348 valence electrons. The number of hydrogen-bond donors (Lipinski definition) is 2. The van der Waals surface area contributed by atoms with Gasteiger partial charge < -0.3 is 10.2 Å². The Morgan fingerprint density at radius 2 is 0.939 bits per heavy atom. The van der Waals surface area contributed by atoms with Gasteiger partial charge in [-0.05, 0) is 164 Å². The molecule has 3 unspecified atom stereocenters. The second kappa shape index (κ2) is 21.1. The van der Waals surface area contributed by atoms with Gasteiger partial charge >= 0.3 is 12.4 Å². The maximum Gasteiger partial charge on any atom is 0.421 e. The molecule has 0 radical (unpaired) electrons. The van der Waals surface area contributed by atoms with Crippen molar-refractivity contribution in [1.29, 1.82) is 0 Å². The summed E-state index contributed by atoms with van der Waals surface area (Å²) in [4.78, 5) is 13.2. The largest absolute Gasteiger partial charge is 0.421 e. The van der Waals surface area contributed by atoms with E-state index in [1.165, 1.54) is 72.2 Å². The van der Waals surface area contributed by atoms with Gasteiger partial charge in [-0.2, -0.15) is 26.3 Å². The summed E-state index contributed by atoms with van der Waals surface area (Å²) in [6.07, 6.45) is 4.63. The monoisotopic (exact) mass is 908 g/mol. The van der Waals surface area contributed by atoms with Crippen LogP contribution >= 0.6 is 0 Å². The van der Waals surface area contributed by atoms with Crippen LogP contribution in [0.5, 0.6) is 0 Å². The van der Waals surface area contributed by atoms with Gasteiger partial charge in [-0.3, -0.25) is 19.8 Å². The summed E-state index contributed by atoms with van der Waals surface area (Å²) in [6, 6.07) is 36.7. The SMILES string of the molecule is CC(O)(c1ccc(-c2ccc(CC3CCN(Cc4ccncc4)CC3)cc2)cc1)C(F)(F)F.CC(O)(c1ccc(-c2cccc(CC3CCCN(Cc4ccncc4)C3)c2)cc1)C(F)(F)F. The topological polar surface area (TPSA) is 72.7 Å². The average molecular weight is 909 g/mol. The zero-order chi connectivity index (χ0) is 47.0. The maximum absolute atomic E-state index is 13.1. The fraction of sp³-hybridized carbons (Fsp3) is 0.370. The third-order valence-electron chi connectivity index (χ3n) is 13.2. The van der Waals surface area contributed by atoms with Crippen molar-refractivity contribution in [3.63, 3.8) is 0 Å². The lowest BCUT2D eigenvalue weighted by atomic mass is 9.89. The summed E-state index contributed by atoms with van der Waals surface area (Å²) in [5.41, 5.74) is 2.62. The molecule has 0 spiro atoms. The van der Waals surface area contributed by atoms with Crippen LogP contribution in [0.4, 0.5) is 26.3 Å². The Hall–Kier alpha value is -5.40. The minimum Gasteiger partial charge on any atom is -0.376 e. The zero-order valence-electron chi connectivity index (χ0n) is 37.4. The molecule has 4 aromatic carbocycles. The van der Waals surface area contributed by atoms with Crippen molar-refractivity contribution in [1.82, 2.24) is 19.8 Å². The lowest BCUT2D eigenvalue weighted by Crippen LogP contribution is -2.39. The summed E-state index contributed by atoms with van der Waals surface area (Å²) in [6.45, 7) is 7.82. The zero-order valence-corrected chi connectivity index (χ0v) is 37.4. The number of hydrogen-bond acceptors (Lipinski definition) is 6. The van der Waals surface area contributed by atoms with Crippen LogP contribution in [0, 0.1) is 11.8 Å². The van der Waals surface area contributed by atoms with Crippen molar-refractivity contribution in [3.8, 4) is 22.3 Å². The Kier molecular flexibility index (Phi) is 15.5. The highest BCUT2D eigenvalue weighted by Gasteiger charge is 2.52. The molecule has 6 aromatic rings. The van der Waals surface area contributed by atoms with E-state index in [9.17, 15) is 36.6 Å². The van der Waals surface area contributed by atoms with Crippen LogP contribution in [0.15, 0.2) is 146 Å². The third kappa shape index (κ3) is 12.5. The minimum atomic E-state index is -4.72. The average Bonchev–Trinajstić information content (AvgIpc) is 3.30. The number of benzene rings is 4. The molecule has 66 heavy (non-hydrogen) atoms. The summed E-state index contributed by atoms with van der Waals surface area (Å²) in [5, 5.41) is 19.7. The molecule has 6 nitrogen and oxygen atoms in total. The van der Waals surface area contributed by atoms with Crippen LogP contribution in [0.1, 0.15) is 72.9 Å². The van der Waals surface area contributed by atoms with Crippen LogP contribution in [-0.2, 0) is 37.1 Å². The van der Waals surface area contributed by atoms with Gasteiger partial charge in [-0.15, -0.1) is 0 Å². The lowest BCUT2D eigenvalue weighted by Gasteiger charge is -2.33. The number of halogens is 6. The van der Waals surface area contributed by atoms with E-state index in [1.807, 2.05) is 49.1 Å². The number of aliphatic hydroxyl groups is 2. The quantitative estimate of drug-likeness (QED) is 0.119. The first-order valence-corrected chi connectivity index (χ1v) is 22.6. The smallest absolute Gasteiger partial charge is 0.376 e. The first-order chi connectivity index (χ1) is 31.4. The highest BCUT2D eigenvalue weighted by Crippen LogP contribution is 2.40. The molecule has 4 heterocycles. The first kappa shape index (κ1) is 48.5. The van der Waals surface area contributed by atoms with Gasteiger partial charge in [0.15, 0.2) is 11.2 Å². The molecule has 0 amide bonds. The van der Waals surface area contributed by atoms with Gasteiger partial charge in [0.25, 0.3) is 0 Å². The van der Waals surface area contributed by atoms with Crippen LogP contribution in [0.2, 0.25) is 0 Å². The summed E-state index contributed by atoms with van der Waals surface area (Å²) < 4.78 is 78.5. The fourth-order valence-corrected chi connectivity index (χ4v) is 8.98. The highest BCUT2D eigenvalue weighted by molar-refractivity contribution is 5.65. The number of rotatable bonds is 12. The van der Waals surface area contributed by atoms with Crippen LogP contribution in [0.25, 0.3) is 22.3 Å². The van der Waals surface area contributed by atoms with Crippen molar-refractivity contribution in [2.75, 3.05) is 26.2 Å². The predicted octanol–water partition coefficient (Wildman–Crippen LogP) is 11.9. The summed E-state index contributed by atoms with van der Waals surface area (Å²) in [5.74, 6) is 1.23. The molecule has 0 aliphatic carbocycles. The molecule has 2 N–H and O–H groups in total. The van der Waals surface area contributed by atoms with E-state index < -0.39 is 23.6 Å². The summed E-state index contributed by atoms with van der Waals surface area (Å²) >= 11 is 0. The second-order valence-corrected chi connectivity index (χ2v) is 18.3. The highest BCUT2D eigenvalue weighted by atomic mass is 19.4. The third-order valence-corrected chi connectivity index (χ3v) is 13.2. The van der Waals surface area contributed by atoms with Crippen molar-refractivity contribution in [3.05, 3.63) is 179 Å². The number of alkyl halides is 6. The van der Waals surface area contributed by atoms with Gasteiger partial charge in [-0.25, -0.2) is 0 Å². The molecule has 2 fully saturated rings. The Morgan fingerprint density at radius 3 is 1.44 bits per heavy atom. The van der Waals surface area contributed by atoms with Crippen molar-refractivity contribution >= 4 is 0 Å². The van der Waals surface area contributed by atoms with E-state index in [2.05, 4.69) is 68.3 Å². The normalized spacial score (nSPS) is 18.4. The number of aromatic nitrogens is 2. The number of piperidine rings is 2. The molecule has 2 aliphatic rings. The Labute approximate surface area is 384 Å². The minimum absolute atomic E-state index is 0.161. The van der Waals surface area contributed by atoms with Crippen molar-refractivity contribution in [2.24, 2.45) is 11.8 Å². The maximum atomic E-state index is 13.1. The molecule has 2 aromatic heterocycles. The summed E-state index contributed by atoms with van der Waals surface area (Å²) in [7, 11) is 0.